The third-order valence-electron chi connectivity index (χ3n) is 3.47. The summed E-state index contributed by atoms with van der Waals surface area (Å²) in [6.07, 6.45) is 0.0752. The van der Waals surface area contributed by atoms with Crippen molar-refractivity contribution in [3.8, 4) is 0 Å². The van der Waals surface area contributed by atoms with Crippen LogP contribution in [0.1, 0.15) is 33.4 Å². The SMILES string of the molecule is Cc1c(C)c(CN)c(C)c(CC(=O)O)c1C. The molecule has 0 bridgehead atoms. The van der Waals surface area contributed by atoms with E-state index in [-0.39, 0.29) is 6.42 Å². The van der Waals surface area contributed by atoms with Gasteiger partial charge >= 0.3 is 5.97 Å². The minimum atomic E-state index is -0.794. The van der Waals surface area contributed by atoms with Gasteiger partial charge in [0.1, 0.15) is 0 Å². The van der Waals surface area contributed by atoms with Crippen LogP contribution in [0.15, 0.2) is 0 Å². The summed E-state index contributed by atoms with van der Waals surface area (Å²) in [5.74, 6) is -0.794. The molecular weight excluding hydrogens is 202 g/mol. The van der Waals surface area contributed by atoms with E-state index < -0.39 is 5.97 Å². The maximum atomic E-state index is 10.8. The summed E-state index contributed by atoms with van der Waals surface area (Å²) in [5, 5.41) is 8.91. The smallest absolute Gasteiger partial charge is 0.307 e. The molecule has 3 nitrogen and oxygen atoms in total. The van der Waals surface area contributed by atoms with Crippen molar-refractivity contribution in [3.63, 3.8) is 0 Å². The van der Waals surface area contributed by atoms with E-state index in [0.29, 0.717) is 6.54 Å². The van der Waals surface area contributed by atoms with Gasteiger partial charge in [0.15, 0.2) is 0 Å². The highest BCUT2D eigenvalue weighted by molar-refractivity contribution is 5.72. The first-order valence-electron chi connectivity index (χ1n) is 5.40. The molecule has 0 aliphatic carbocycles. The number of hydrogen-bond donors (Lipinski definition) is 2. The molecule has 3 N–H and O–H groups in total. The maximum absolute atomic E-state index is 10.8. The second-order valence-electron chi connectivity index (χ2n) is 4.23. The van der Waals surface area contributed by atoms with Crippen LogP contribution < -0.4 is 5.73 Å². The fourth-order valence-corrected chi connectivity index (χ4v) is 2.20. The van der Waals surface area contributed by atoms with E-state index in [9.17, 15) is 4.79 Å². The Bertz CT molecular complexity index is 436. The Balaban J connectivity index is 3.48. The normalized spacial score (nSPS) is 10.6. The van der Waals surface area contributed by atoms with Gasteiger partial charge in [-0.25, -0.2) is 0 Å². The van der Waals surface area contributed by atoms with Crippen LogP contribution in [-0.4, -0.2) is 11.1 Å². The first-order valence-corrected chi connectivity index (χ1v) is 5.40. The van der Waals surface area contributed by atoms with Crippen molar-refractivity contribution in [2.75, 3.05) is 0 Å². The number of aliphatic carboxylic acids is 1. The van der Waals surface area contributed by atoms with Gasteiger partial charge in [-0.1, -0.05) is 0 Å². The molecule has 3 heteroatoms. The molecule has 0 saturated carbocycles. The molecule has 0 unspecified atom stereocenters. The Kier molecular flexibility index (Phi) is 3.70. The Hall–Kier alpha value is -1.35. The Labute approximate surface area is 96.3 Å². The van der Waals surface area contributed by atoms with Gasteiger partial charge in [0, 0.05) is 6.54 Å². The average Bonchev–Trinajstić information content (AvgIpc) is 2.22. The van der Waals surface area contributed by atoms with Gasteiger partial charge in [0.05, 0.1) is 6.42 Å². The highest BCUT2D eigenvalue weighted by Crippen LogP contribution is 2.26. The molecule has 1 aromatic rings. The zero-order chi connectivity index (χ0) is 12.5. The predicted molar refractivity (Wildman–Crippen MR) is 64.6 cm³/mol. The summed E-state index contributed by atoms with van der Waals surface area (Å²) in [7, 11) is 0. The molecule has 0 fully saturated rings. The number of hydrogen-bond acceptors (Lipinski definition) is 2. The molecule has 0 spiro atoms. The van der Waals surface area contributed by atoms with Crippen LogP contribution in [0.25, 0.3) is 0 Å². The number of carboxylic acid groups (broad SMARTS) is 1. The number of nitrogens with two attached hydrogens (primary N) is 1. The minimum Gasteiger partial charge on any atom is -0.481 e. The largest absolute Gasteiger partial charge is 0.481 e. The quantitative estimate of drug-likeness (QED) is 0.820. The molecule has 88 valence electrons. The van der Waals surface area contributed by atoms with Gasteiger partial charge in [0.2, 0.25) is 0 Å². The minimum absolute atomic E-state index is 0.0752. The van der Waals surface area contributed by atoms with Crippen LogP contribution >= 0.6 is 0 Å². The van der Waals surface area contributed by atoms with Crippen molar-refractivity contribution in [1.82, 2.24) is 0 Å². The van der Waals surface area contributed by atoms with Crippen molar-refractivity contribution in [2.24, 2.45) is 5.73 Å². The van der Waals surface area contributed by atoms with Crippen LogP contribution in [-0.2, 0) is 17.8 Å². The van der Waals surface area contributed by atoms with Crippen molar-refractivity contribution in [2.45, 2.75) is 40.7 Å². The number of benzene rings is 1. The molecular formula is C13H19NO2. The second-order valence-corrected chi connectivity index (χ2v) is 4.23. The monoisotopic (exact) mass is 221 g/mol. The molecule has 1 rings (SSSR count). The maximum Gasteiger partial charge on any atom is 0.307 e. The highest BCUT2D eigenvalue weighted by atomic mass is 16.4. The molecule has 0 heterocycles. The molecule has 1 aromatic carbocycles. The van der Waals surface area contributed by atoms with Crippen molar-refractivity contribution in [1.29, 1.82) is 0 Å². The van der Waals surface area contributed by atoms with Gasteiger partial charge in [-0.2, -0.15) is 0 Å². The number of carboxylic acids is 1. The summed E-state index contributed by atoms with van der Waals surface area (Å²) in [6.45, 7) is 8.47. The van der Waals surface area contributed by atoms with E-state index in [1.165, 1.54) is 5.56 Å². The first kappa shape index (κ1) is 12.7. The van der Waals surface area contributed by atoms with Gasteiger partial charge in [-0.15, -0.1) is 0 Å². The fraction of sp³-hybridized carbons (Fsp3) is 0.462. The summed E-state index contributed by atoms with van der Waals surface area (Å²) in [4.78, 5) is 10.8. The number of carbonyl (C=O) groups is 1. The van der Waals surface area contributed by atoms with E-state index in [1.807, 2.05) is 27.7 Å². The average molecular weight is 221 g/mol. The molecule has 0 atom stereocenters. The van der Waals surface area contributed by atoms with E-state index in [2.05, 4.69) is 0 Å². The van der Waals surface area contributed by atoms with Crippen LogP contribution in [0.5, 0.6) is 0 Å². The summed E-state index contributed by atoms with van der Waals surface area (Å²) < 4.78 is 0. The zero-order valence-electron chi connectivity index (χ0n) is 10.3. The van der Waals surface area contributed by atoms with Crippen molar-refractivity contribution >= 4 is 5.97 Å². The van der Waals surface area contributed by atoms with Crippen LogP contribution in [0.3, 0.4) is 0 Å². The van der Waals surface area contributed by atoms with Crippen LogP contribution in [0, 0.1) is 27.7 Å². The molecule has 0 aliphatic heterocycles. The topological polar surface area (TPSA) is 63.3 Å². The highest BCUT2D eigenvalue weighted by Gasteiger charge is 2.15. The van der Waals surface area contributed by atoms with E-state index in [4.69, 9.17) is 10.8 Å². The molecule has 16 heavy (non-hydrogen) atoms. The Morgan fingerprint density at radius 3 is 1.94 bits per heavy atom. The number of rotatable bonds is 3. The summed E-state index contributed by atoms with van der Waals surface area (Å²) in [6, 6.07) is 0. The molecule has 0 radical (unpaired) electrons. The van der Waals surface area contributed by atoms with Crippen LogP contribution in [0.2, 0.25) is 0 Å². The Morgan fingerprint density at radius 1 is 1.00 bits per heavy atom. The third kappa shape index (κ3) is 2.09. The zero-order valence-corrected chi connectivity index (χ0v) is 10.3. The van der Waals surface area contributed by atoms with Crippen molar-refractivity contribution in [3.05, 3.63) is 33.4 Å². The lowest BCUT2D eigenvalue weighted by Gasteiger charge is -2.18. The van der Waals surface area contributed by atoms with E-state index in [0.717, 1.165) is 27.8 Å². The molecule has 0 amide bonds. The van der Waals surface area contributed by atoms with Gasteiger partial charge in [-0.05, 0) is 61.1 Å². The lowest BCUT2D eigenvalue weighted by atomic mass is 9.87. The van der Waals surface area contributed by atoms with Gasteiger partial charge in [-0.3, -0.25) is 4.79 Å². The standard InChI is InChI=1S/C13H19NO2/c1-7-8(2)11(5-13(15)16)10(4)12(6-14)9(7)3/h5-6,14H2,1-4H3,(H,15,16). The van der Waals surface area contributed by atoms with E-state index >= 15 is 0 Å². The molecule has 0 saturated heterocycles. The van der Waals surface area contributed by atoms with Gasteiger partial charge in [0.25, 0.3) is 0 Å². The van der Waals surface area contributed by atoms with E-state index in [1.54, 1.807) is 0 Å². The summed E-state index contributed by atoms with van der Waals surface area (Å²) >= 11 is 0. The predicted octanol–water partition coefficient (Wildman–Crippen LogP) is 2.01. The summed E-state index contributed by atoms with van der Waals surface area (Å²) in [5.41, 5.74) is 12.2. The van der Waals surface area contributed by atoms with Crippen LogP contribution in [0.4, 0.5) is 0 Å². The van der Waals surface area contributed by atoms with Gasteiger partial charge < -0.3 is 10.8 Å². The lowest BCUT2D eigenvalue weighted by Crippen LogP contribution is -2.12. The Morgan fingerprint density at radius 2 is 1.50 bits per heavy atom. The third-order valence-corrected chi connectivity index (χ3v) is 3.47. The molecule has 0 aromatic heterocycles. The fourth-order valence-electron chi connectivity index (χ4n) is 2.20. The second kappa shape index (κ2) is 4.66. The molecule has 0 aliphatic rings. The lowest BCUT2D eigenvalue weighted by molar-refractivity contribution is -0.136. The first-order chi connectivity index (χ1) is 7.40. The van der Waals surface area contributed by atoms with Crippen molar-refractivity contribution < 1.29 is 9.90 Å².